The van der Waals surface area contributed by atoms with Gasteiger partial charge in [0.15, 0.2) is 0 Å². The summed E-state index contributed by atoms with van der Waals surface area (Å²) in [4.78, 5) is 2.67. The molecule has 1 aliphatic carbocycles. The van der Waals surface area contributed by atoms with Crippen LogP contribution in [0.3, 0.4) is 0 Å². The summed E-state index contributed by atoms with van der Waals surface area (Å²) in [5.74, 6) is 0.927. The van der Waals surface area contributed by atoms with Crippen molar-refractivity contribution in [3.8, 4) is 0 Å². The average molecular weight is 210 g/mol. The van der Waals surface area contributed by atoms with Crippen LogP contribution in [0, 0.1) is 11.3 Å². The van der Waals surface area contributed by atoms with Crippen molar-refractivity contribution in [1.82, 2.24) is 4.90 Å². The van der Waals surface area contributed by atoms with Gasteiger partial charge in [-0.15, -0.1) is 0 Å². The van der Waals surface area contributed by atoms with Gasteiger partial charge in [0.2, 0.25) is 0 Å². The van der Waals surface area contributed by atoms with E-state index in [2.05, 4.69) is 18.7 Å². The Bertz CT molecular complexity index is 209. The zero-order valence-electron chi connectivity index (χ0n) is 10.3. The first-order valence-corrected chi connectivity index (χ1v) is 6.56. The van der Waals surface area contributed by atoms with Crippen LogP contribution in [0.1, 0.15) is 46.0 Å². The van der Waals surface area contributed by atoms with Crippen molar-refractivity contribution in [2.24, 2.45) is 17.1 Å². The van der Waals surface area contributed by atoms with Crippen molar-refractivity contribution >= 4 is 0 Å². The summed E-state index contributed by atoms with van der Waals surface area (Å²) in [5.41, 5.74) is 6.47. The van der Waals surface area contributed by atoms with Gasteiger partial charge < -0.3 is 5.73 Å². The van der Waals surface area contributed by atoms with E-state index in [1.165, 1.54) is 45.2 Å². The fourth-order valence-electron chi connectivity index (χ4n) is 2.90. The van der Waals surface area contributed by atoms with Crippen molar-refractivity contribution in [3.05, 3.63) is 0 Å². The van der Waals surface area contributed by atoms with Gasteiger partial charge in [0.25, 0.3) is 0 Å². The van der Waals surface area contributed by atoms with Gasteiger partial charge in [-0.1, -0.05) is 13.8 Å². The molecule has 2 nitrogen and oxygen atoms in total. The Morgan fingerprint density at radius 1 is 1.27 bits per heavy atom. The van der Waals surface area contributed by atoms with Gasteiger partial charge in [-0.05, 0) is 56.5 Å². The third-order valence-electron chi connectivity index (χ3n) is 4.25. The maximum atomic E-state index is 5.92. The molecule has 88 valence electrons. The largest absolute Gasteiger partial charge is 0.329 e. The molecule has 1 atom stereocenters. The summed E-state index contributed by atoms with van der Waals surface area (Å²) in [5, 5.41) is 0. The Morgan fingerprint density at radius 3 is 2.60 bits per heavy atom. The van der Waals surface area contributed by atoms with Crippen molar-refractivity contribution < 1.29 is 0 Å². The molecule has 0 aromatic carbocycles. The quantitative estimate of drug-likeness (QED) is 0.774. The lowest BCUT2D eigenvalue weighted by molar-refractivity contribution is 0.180. The van der Waals surface area contributed by atoms with E-state index in [1.807, 2.05) is 0 Å². The highest BCUT2D eigenvalue weighted by Gasteiger charge is 2.35. The van der Waals surface area contributed by atoms with E-state index in [0.717, 1.165) is 12.5 Å². The minimum absolute atomic E-state index is 0.553. The summed E-state index contributed by atoms with van der Waals surface area (Å²) in [6, 6.07) is 0.693. The van der Waals surface area contributed by atoms with Gasteiger partial charge >= 0.3 is 0 Å². The minimum atomic E-state index is 0.553. The Hall–Kier alpha value is -0.0800. The molecule has 0 aromatic rings. The van der Waals surface area contributed by atoms with Gasteiger partial charge in [0, 0.05) is 12.6 Å². The lowest BCUT2D eigenvalue weighted by atomic mass is 9.85. The molecule has 0 spiro atoms. The second kappa shape index (κ2) is 4.42. The second-order valence-electron chi connectivity index (χ2n) is 6.19. The van der Waals surface area contributed by atoms with Crippen molar-refractivity contribution in [2.45, 2.75) is 52.0 Å². The molecule has 1 heterocycles. The van der Waals surface area contributed by atoms with Crippen molar-refractivity contribution in [1.29, 1.82) is 0 Å². The van der Waals surface area contributed by atoms with Gasteiger partial charge in [0.1, 0.15) is 0 Å². The summed E-state index contributed by atoms with van der Waals surface area (Å²) in [7, 11) is 0. The number of hydrogen-bond donors (Lipinski definition) is 1. The highest BCUT2D eigenvalue weighted by Crippen LogP contribution is 2.37. The molecule has 1 saturated carbocycles. The zero-order valence-corrected chi connectivity index (χ0v) is 10.3. The molecular weight excluding hydrogens is 184 g/mol. The van der Waals surface area contributed by atoms with E-state index >= 15 is 0 Å². The number of likely N-dealkylation sites (tertiary alicyclic amines) is 1. The molecule has 2 aliphatic rings. The lowest BCUT2D eigenvalue weighted by Gasteiger charge is -2.30. The molecule has 1 unspecified atom stereocenters. The molecule has 2 fully saturated rings. The molecule has 0 aromatic heterocycles. The van der Waals surface area contributed by atoms with Crippen LogP contribution in [0.15, 0.2) is 0 Å². The molecule has 2 rings (SSSR count). The van der Waals surface area contributed by atoms with Crippen LogP contribution in [0.25, 0.3) is 0 Å². The first-order valence-electron chi connectivity index (χ1n) is 6.56. The Morgan fingerprint density at radius 2 is 2.00 bits per heavy atom. The van der Waals surface area contributed by atoms with Crippen molar-refractivity contribution in [2.75, 3.05) is 19.6 Å². The van der Waals surface area contributed by atoms with Crippen LogP contribution in [-0.2, 0) is 0 Å². The normalized spacial score (nSPS) is 29.8. The minimum Gasteiger partial charge on any atom is -0.329 e. The fraction of sp³-hybridized carbons (Fsp3) is 1.00. The Labute approximate surface area is 94.2 Å². The number of nitrogens with zero attached hydrogens (tertiary/aromatic N) is 1. The van der Waals surface area contributed by atoms with Crippen LogP contribution in [-0.4, -0.2) is 30.6 Å². The van der Waals surface area contributed by atoms with Crippen LogP contribution in [0.4, 0.5) is 0 Å². The topological polar surface area (TPSA) is 29.3 Å². The van der Waals surface area contributed by atoms with Gasteiger partial charge in [-0.3, -0.25) is 4.90 Å². The van der Waals surface area contributed by atoms with Gasteiger partial charge in [-0.25, -0.2) is 0 Å². The second-order valence-corrected chi connectivity index (χ2v) is 6.19. The molecule has 2 N–H and O–H groups in total. The fourth-order valence-corrected chi connectivity index (χ4v) is 2.90. The van der Waals surface area contributed by atoms with Crippen LogP contribution < -0.4 is 5.73 Å². The molecule has 0 amide bonds. The summed E-state index contributed by atoms with van der Waals surface area (Å²) >= 11 is 0. The predicted molar refractivity (Wildman–Crippen MR) is 64.8 cm³/mol. The maximum absolute atomic E-state index is 5.92. The monoisotopic (exact) mass is 210 g/mol. The zero-order chi connectivity index (χ0) is 10.9. The van der Waals surface area contributed by atoms with Crippen LogP contribution >= 0.6 is 0 Å². The first-order chi connectivity index (χ1) is 7.12. The summed E-state index contributed by atoms with van der Waals surface area (Å²) in [6.07, 6.45) is 6.92. The van der Waals surface area contributed by atoms with Crippen molar-refractivity contribution in [3.63, 3.8) is 0 Å². The molecule has 2 heteroatoms. The SMILES string of the molecule is CC1(C)CCCN(C(CN)C2CC2)CC1. The van der Waals surface area contributed by atoms with E-state index in [4.69, 9.17) is 5.73 Å². The first kappa shape index (κ1) is 11.4. The van der Waals surface area contributed by atoms with Gasteiger partial charge in [0.05, 0.1) is 0 Å². The smallest absolute Gasteiger partial charge is 0.0246 e. The van der Waals surface area contributed by atoms with E-state index in [-0.39, 0.29) is 0 Å². The highest BCUT2D eigenvalue weighted by atomic mass is 15.2. The summed E-state index contributed by atoms with van der Waals surface area (Å²) in [6.45, 7) is 8.23. The number of nitrogens with two attached hydrogens (primary N) is 1. The number of hydrogen-bond acceptors (Lipinski definition) is 2. The summed E-state index contributed by atoms with van der Waals surface area (Å²) < 4.78 is 0. The van der Waals surface area contributed by atoms with Crippen LogP contribution in [0.5, 0.6) is 0 Å². The maximum Gasteiger partial charge on any atom is 0.0246 e. The molecule has 0 bridgehead atoms. The Kier molecular flexibility index (Phi) is 3.36. The lowest BCUT2D eigenvalue weighted by Crippen LogP contribution is -2.42. The third-order valence-corrected chi connectivity index (χ3v) is 4.25. The molecule has 0 radical (unpaired) electrons. The van der Waals surface area contributed by atoms with E-state index in [0.29, 0.717) is 11.5 Å². The standard InChI is InChI=1S/C13H26N2/c1-13(2)6-3-8-15(9-7-13)12(10-14)11-4-5-11/h11-12H,3-10,14H2,1-2H3. The Balaban J connectivity index is 1.91. The van der Waals surface area contributed by atoms with E-state index in [1.54, 1.807) is 0 Å². The molecular formula is C13H26N2. The average Bonchev–Trinajstić information content (AvgIpc) is 2.97. The van der Waals surface area contributed by atoms with Crippen LogP contribution in [0.2, 0.25) is 0 Å². The molecule has 1 aliphatic heterocycles. The van der Waals surface area contributed by atoms with Gasteiger partial charge in [-0.2, -0.15) is 0 Å². The molecule has 15 heavy (non-hydrogen) atoms. The number of rotatable bonds is 3. The predicted octanol–water partition coefficient (Wildman–Crippen LogP) is 2.24. The highest BCUT2D eigenvalue weighted by molar-refractivity contribution is 4.90. The molecule has 1 saturated heterocycles. The van der Waals surface area contributed by atoms with E-state index < -0.39 is 0 Å². The van der Waals surface area contributed by atoms with E-state index in [9.17, 15) is 0 Å². The third kappa shape index (κ3) is 2.94.